The van der Waals surface area contributed by atoms with Crippen LogP contribution in [0.2, 0.25) is 0 Å². The van der Waals surface area contributed by atoms with E-state index in [1.165, 1.54) is 0 Å². The third kappa shape index (κ3) is 5.14. The predicted octanol–water partition coefficient (Wildman–Crippen LogP) is 5.72. The summed E-state index contributed by atoms with van der Waals surface area (Å²) in [7, 11) is 0. The largest absolute Gasteiger partial charge is 0.481 e. The highest BCUT2D eigenvalue weighted by Gasteiger charge is 2.36. The van der Waals surface area contributed by atoms with E-state index >= 15 is 0 Å². The van der Waals surface area contributed by atoms with Crippen molar-refractivity contribution in [2.75, 3.05) is 11.9 Å². The fourth-order valence-electron chi connectivity index (χ4n) is 4.78. The fourth-order valence-corrected chi connectivity index (χ4v) is 5.99. The molecular formula is C30H31N5O4S. The molecule has 4 aromatic rings. The third-order valence-electron chi connectivity index (χ3n) is 7.11. The second-order valence-electron chi connectivity index (χ2n) is 9.83. The summed E-state index contributed by atoms with van der Waals surface area (Å²) in [5, 5.41) is 22.9. The van der Waals surface area contributed by atoms with Crippen LogP contribution in [0.1, 0.15) is 58.7 Å². The molecular weight excluding hydrogens is 526 g/mol. The average molecular weight is 558 g/mol. The average Bonchev–Trinajstić information content (AvgIpc) is 3.39. The van der Waals surface area contributed by atoms with Gasteiger partial charge in [0.15, 0.2) is 5.82 Å². The summed E-state index contributed by atoms with van der Waals surface area (Å²) in [6.07, 6.45) is 0.241. The Morgan fingerprint density at radius 2 is 1.70 bits per heavy atom. The number of carboxylic acid groups (broad SMARTS) is 1. The van der Waals surface area contributed by atoms with Crippen LogP contribution in [0.3, 0.4) is 0 Å². The van der Waals surface area contributed by atoms with Crippen molar-refractivity contribution in [1.82, 2.24) is 14.8 Å². The maximum atomic E-state index is 12.1. The fraction of sp³-hybridized carbons (Fsp3) is 0.300. The monoisotopic (exact) mass is 557 g/mol. The highest BCUT2D eigenvalue weighted by Crippen LogP contribution is 2.40. The molecule has 2 aromatic carbocycles. The van der Waals surface area contributed by atoms with E-state index in [4.69, 9.17) is 9.73 Å². The number of carboxylic acids is 1. The van der Waals surface area contributed by atoms with Gasteiger partial charge in [0, 0.05) is 27.4 Å². The van der Waals surface area contributed by atoms with Crippen LogP contribution in [0, 0.1) is 26.7 Å². The summed E-state index contributed by atoms with van der Waals surface area (Å²) in [6.45, 7) is 9.85. The topological polar surface area (TPSA) is 119 Å². The lowest BCUT2D eigenvalue weighted by Crippen LogP contribution is -2.21. The molecule has 0 saturated carbocycles. The molecule has 0 saturated heterocycles. The first kappa shape index (κ1) is 27.3. The van der Waals surface area contributed by atoms with Gasteiger partial charge < -0.3 is 15.2 Å². The first-order valence-corrected chi connectivity index (χ1v) is 13.9. The lowest BCUT2D eigenvalue weighted by molar-refractivity contribution is -0.143. The van der Waals surface area contributed by atoms with Crippen LogP contribution in [0.15, 0.2) is 53.5 Å². The number of thiophene rings is 1. The molecule has 1 aliphatic rings. The Bertz CT molecular complexity index is 1600. The van der Waals surface area contributed by atoms with Crippen molar-refractivity contribution in [1.29, 1.82) is 0 Å². The van der Waals surface area contributed by atoms with Gasteiger partial charge in [-0.15, -0.1) is 21.5 Å². The van der Waals surface area contributed by atoms with Gasteiger partial charge in [0.05, 0.1) is 24.7 Å². The number of anilines is 2. The Hall–Kier alpha value is -4.31. The van der Waals surface area contributed by atoms with Crippen molar-refractivity contribution in [2.45, 2.75) is 47.1 Å². The van der Waals surface area contributed by atoms with Crippen molar-refractivity contribution in [2.24, 2.45) is 10.9 Å². The van der Waals surface area contributed by atoms with Crippen molar-refractivity contribution < 1.29 is 19.4 Å². The number of carbonyl (C=O) groups is 2. The van der Waals surface area contributed by atoms with Crippen LogP contribution in [-0.4, -0.2) is 44.1 Å². The summed E-state index contributed by atoms with van der Waals surface area (Å²) < 4.78 is 6.98. The van der Waals surface area contributed by atoms with Gasteiger partial charge in [0.1, 0.15) is 16.9 Å². The van der Waals surface area contributed by atoms with E-state index in [1.54, 1.807) is 25.2 Å². The predicted molar refractivity (Wildman–Crippen MR) is 155 cm³/mol. The Balaban J connectivity index is 1.48. The van der Waals surface area contributed by atoms with Crippen LogP contribution in [-0.2, 0) is 20.7 Å². The molecule has 0 fully saturated rings. The standard InChI is InChI=1S/C30H31N5O4S/c1-6-39-24(36)15-20-7-11-22(12-8-20)31-23-13-9-21(10-14-23)27-25-16(2)18(4)40-29(25)35-19(5)33-34-28(35)26(32-27)17(3)30(37)38/h7-14,17,26,31H,6,15H2,1-5H3,(H,37,38)/t17?,26-/m0/s1. The Labute approximate surface area is 236 Å². The van der Waals surface area contributed by atoms with Crippen LogP contribution in [0.4, 0.5) is 11.4 Å². The molecule has 2 aromatic heterocycles. The number of hydrogen-bond acceptors (Lipinski definition) is 8. The maximum absolute atomic E-state index is 12.1. The third-order valence-corrected chi connectivity index (χ3v) is 8.30. The number of esters is 1. The van der Waals surface area contributed by atoms with E-state index in [9.17, 15) is 14.7 Å². The molecule has 0 spiro atoms. The van der Waals surface area contributed by atoms with Gasteiger partial charge in [0.2, 0.25) is 0 Å². The van der Waals surface area contributed by atoms with Crippen molar-refractivity contribution in [3.8, 4) is 5.00 Å². The summed E-state index contributed by atoms with van der Waals surface area (Å²) in [4.78, 5) is 30.0. The number of carbonyl (C=O) groups excluding carboxylic acids is 1. The van der Waals surface area contributed by atoms with Gasteiger partial charge in [-0.3, -0.25) is 19.1 Å². The highest BCUT2D eigenvalue weighted by atomic mass is 32.1. The number of ether oxygens (including phenoxy) is 1. The number of aryl methyl sites for hydroxylation is 2. The summed E-state index contributed by atoms with van der Waals surface area (Å²) in [6, 6.07) is 14.9. The van der Waals surface area contributed by atoms with Crippen LogP contribution in [0.25, 0.3) is 5.00 Å². The molecule has 206 valence electrons. The molecule has 2 N–H and O–H groups in total. The number of aliphatic carboxylic acids is 1. The number of hydrogen-bond donors (Lipinski definition) is 2. The molecule has 9 nitrogen and oxygen atoms in total. The van der Waals surface area contributed by atoms with E-state index in [1.807, 2.05) is 60.0 Å². The number of aromatic nitrogens is 3. The molecule has 10 heteroatoms. The van der Waals surface area contributed by atoms with E-state index < -0.39 is 17.9 Å². The van der Waals surface area contributed by atoms with E-state index in [0.717, 1.165) is 49.2 Å². The first-order valence-electron chi connectivity index (χ1n) is 13.1. The van der Waals surface area contributed by atoms with E-state index in [-0.39, 0.29) is 12.4 Å². The highest BCUT2D eigenvalue weighted by molar-refractivity contribution is 7.15. The minimum Gasteiger partial charge on any atom is -0.481 e. The number of rotatable bonds is 8. The zero-order chi connectivity index (χ0) is 28.6. The summed E-state index contributed by atoms with van der Waals surface area (Å²) in [5.41, 5.74) is 6.38. The quantitative estimate of drug-likeness (QED) is 0.266. The molecule has 0 radical (unpaired) electrons. The number of nitrogens with zero attached hydrogens (tertiary/aromatic N) is 4. The summed E-state index contributed by atoms with van der Waals surface area (Å²) in [5.74, 6) is -0.736. The van der Waals surface area contributed by atoms with Gasteiger partial charge in [-0.1, -0.05) is 24.3 Å². The van der Waals surface area contributed by atoms with Gasteiger partial charge >= 0.3 is 11.9 Å². The van der Waals surface area contributed by atoms with Gasteiger partial charge in [-0.05, 0) is 70.0 Å². The summed E-state index contributed by atoms with van der Waals surface area (Å²) >= 11 is 1.64. The Morgan fingerprint density at radius 1 is 1.05 bits per heavy atom. The molecule has 3 heterocycles. The molecule has 1 unspecified atom stereocenters. The zero-order valence-electron chi connectivity index (χ0n) is 23.1. The van der Waals surface area contributed by atoms with Gasteiger partial charge in [0.25, 0.3) is 0 Å². The first-order chi connectivity index (χ1) is 19.2. The second-order valence-corrected chi connectivity index (χ2v) is 11.0. The smallest absolute Gasteiger partial charge is 0.310 e. The zero-order valence-corrected chi connectivity index (χ0v) is 23.9. The second kappa shape index (κ2) is 11.1. The number of aliphatic imine (C=N–C) groups is 1. The molecule has 40 heavy (non-hydrogen) atoms. The van der Waals surface area contributed by atoms with Gasteiger partial charge in [-0.25, -0.2) is 0 Å². The lowest BCUT2D eigenvalue weighted by atomic mass is 9.98. The molecule has 2 atom stereocenters. The minimum absolute atomic E-state index is 0.241. The molecule has 0 aliphatic carbocycles. The minimum atomic E-state index is -0.939. The van der Waals surface area contributed by atoms with Crippen molar-refractivity contribution >= 4 is 40.4 Å². The molecule has 5 rings (SSSR count). The molecule has 1 aliphatic heterocycles. The number of fused-ring (bicyclic) bond motifs is 3. The van der Waals surface area contributed by atoms with Crippen LogP contribution in [0.5, 0.6) is 0 Å². The van der Waals surface area contributed by atoms with Crippen LogP contribution < -0.4 is 5.32 Å². The van der Waals surface area contributed by atoms with E-state index in [2.05, 4.69) is 29.4 Å². The molecule has 0 amide bonds. The van der Waals surface area contributed by atoms with Crippen LogP contribution >= 0.6 is 11.3 Å². The maximum Gasteiger partial charge on any atom is 0.310 e. The molecule has 0 bridgehead atoms. The van der Waals surface area contributed by atoms with Gasteiger partial charge in [-0.2, -0.15) is 0 Å². The Kier molecular flexibility index (Phi) is 7.53. The Morgan fingerprint density at radius 3 is 2.33 bits per heavy atom. The number of nitrogens with one attached hydrogen (secondary N) is 1. The lowest BCUT2D eigenvalue weighted by Gasteiger charge is -2.16. The number of benzene rings is 2. The van der Waals surface area contributed by atoms with Crippen molar-refractivity contribution in [3.63, 3.8) is 0 Å². The van der Waals surface area contributed by atoms with E-state index in [0.29, 0.717) is 18.3 Å². The SMILES string of the molecule is CCOC(=O)Cc1ccc(Nc2ccc(C3=N[C@@H](C(C)C(=O)O)c4nnc(C)n4-c4sc(C)c(C)c43)cc2)cc1. The van der Waals surface area contributed by atoms with Crippen molar-refractivity contribution in [3.05, 3.63) is 87.3 Å². The normalized spacial score (nSPS) is 14.9.